The van der Waals surface area contributed by atoms with Crippen LogP contribution in [0.4, 0.5) is 13.2 Å². The van der Waals surface area contributed by atoms with Gasteiger partial charge >= 0.3 is 11.9 Å². The molecular formula is C23H32F3N5O4. The van der Waals surface area contributed by atoms with Gasteiger partial charge in [0.25, 0.3) is 5.56 Å². The van der Waals surface area contributed by atoms with Crippen LogP contribution >= 0.6 is 0 Å². The van der Waals surface area contributed by atoms with Crippen LogP contribution < -0.4 is 26.7 Å². The molecule has 1 amide bonds. The summed E-state index contributed by atoms with van der Waals surface area (Å²) in [5.74, 6) is -1.29. The molecule has 12 heteroatoms. The van der Waals surface area contributed by atoms with Crippen LogP contribution in [0, 0.1) is 11.8 Å². The Morgan fingerprint density at radius 1 is 1.23 bits per heavy atom. The van der Waals surface area contributed by atoms with Crippen LogP contribution in [0.2, 0.25) is 0 Å². The summed E-state index contributed by atoms with van der Waals surface area (Å²) in [5.41, 5.74) is 2.39. The van der Waals surface area contributed by atoms with Crippen molar-refractivity contribution in [3.63, 3.8) is 0 Å². The van der Waals surface area contributed by atoms with Crippen LogP contribution in [0.3, 0.4) is 0 Å². The number of rotatable bonds is 6. The molecule has 2 aliphatic carbocycles. The average Bonchev–Trinajstić information content (AvgIpc) is 3.18. The van der Waals surface area contributed by atoms with E-state index >= 15 is 0 Å². The van der Waals surface area contributed by atoms with Crippen LogP contribution in [0.5, 0.6) is 5.88 Å². The number of nitrogens with one attached hydrogen (secondary N) is 3. The van der Waals surface area contributed by atoms with Crippen LogP contribution in [-0.4, -0.2) is 57.4 Å². The summed E-state index contributed by atoms with van der Waals surface area (Å²) in [6, 6.07) is 1.20. The zero-order valence-electron chi connectivity index (χ0n) is 19.6. The van der Waals surface area contributed by atoms with Crippen LogP contribution in [-0.2, 0) is 11.8 Å². The van der Waals surface area contributed by atoms with Crippen molar-refractivity contribution in [1.82, 2.24) is 25.3 Å². The molecule has 1 aliphatic heterocycles. The molecule has 2 saturated carbocycles. The summed E-state index contributed by atoms with van der Waals surface area (Å²) >= 11 is 0. The highest BCUT2D eigenvalue weighted by Crippen LogP contribution is 2.43. The Hall–Kier alpha value is -2.60. The molecule has 3 N–H and O–H groups in total. The predicted molar refractivity (Wildman–Crippen MR) is 122 cm³/mol. The number of nitrogens with zero attached hydrogens (tertiary/aromatic N) is 2. The van der Waals surface area contributed by atoms with Crippen molar-refractivity contribution in [1.29, 1.82) is 0 Å². The van der Waals surface area contributed by atoms with Gasteiger partial charge in [0.2, 0.25) is 11.8 Å². The third-order valence-corrected chi connectivity index (χ3v) is 7.64. The topological polar surface area (TPSA) is 108 Å². The van der Waals surface area contributed by atoms with Crippen molar-refractivity contribution in [2.24, 2.45) is 18.9 Å². The number of hydrogen-bond acceptors (Lipinski definition) is 6. The maximum absolute atomic E-state index is 13.2. The maximum Gasteiger partial charge on any atom is 0.391 e. The first kappa shape index (κ1) is 25.5. The van der Waals surface area contributed by atoms with E-state index in [2.05, 4.69) is 27.3 Å². The molecule has 4 rings (SSSR count). The summed E-state index contributed by atoms with van der Waals surface area (Å²) in [6.07, 6.45) is -0.0311. The zero-order valence-corrected chi connectivity index (χ0v) is 19.6. The fourth-order valence-electron chi connectivity index (χ4n) is 5.77. The fraction of sp³-hybridized carbons (Fsp3) is 0.696. The van der Waals surface area contributed by atoms with E-state index in [9.17, 15) is 27.6 Å². The molecule has 3 aliphatic rings. The minimum atomic E-state index is -4.15. The van der Waals surface area contributed by atoms with Gasteiger partial charge in [-0.05, 0) is 56.9 Å². The number of fused-ring (bicyclic) bond motifs is 1. The van der Waals surface area contributed by atoms with Gasteiger partial charge < -0.3 is 10.1 Å². The molecular weight excluding hydrogens is 467 g/mol. The number of ether oxygens (including phenoxy) is 1. The number of amides is 1. The number of aromatic nitrogens is 2. The van der Waals surface area contributed by atoms with E-state index in [0.29, 0.717) is 32.2 Å². The number of aromatic amines is 1. The Morgan fingerprint density at radius 3 is 2.60 bits per heavy atom. The van der Waals surface area contributed by atoms with Gasteiger partial charge in [-0.1, -0.05) is 6.58 Å². The molecule has 0 radical (unpaired) electrons. The molecule has 2 heterocycles. The Kier molecular flexibility index (Phi) is 7.41. The summed E-state index contributed by atoms with van der Waals surface area (Å²) in [7, 11) is 1.52. The minimum Gasteiger partial charge on any atom is -0.475 e. The van der Waals surface area contributed by atoms with Gasteiger partial charge in [-0.25, -0.2) is 15.2 Å². The lowest BCUT2D eigenvalue weighted by atomic mass is 9.78. The highest BCUT2D eigenvalue weighted by molar-refractivity contribution is 5.86. The highest BCUT2D eigenvalue weighted by atomic mass is 19.4. The molecule has 4 atom stereocenters. The Morgan fingerprint density at radius 2 is 1.94 bits per heavy atom. The molecule has 1 saturated heterocycles. The molecule has 9 nitrogen and oxygen atoms in total. The quantitative estimate of drug-likeness (QED) is 0.514. The number of hydrazine groups is 1. The zero-order chi connectivity index (χ0) is 25.3. The van der Waals surface area contributed by atoms with Gasteiger partial charge in [-0.15, -0.1) is 0 Å². The number of carbonyl (C=O) groups excluding carboxylic acids is 1. The second-order valence-electron chi connectivity index (χ2n) is 9.76. The molecule has 35 heavy (non-hydrogen) atoms. The van der Waals surface area contributed by atoms with Crippen molar-refractivity contribution < 1.29 is 22.7 Å². The predicted octanol–water partition coefficient (Wildman–Crippen LogP) is 1.60. The fourth-order valence-corrected chi connectivity index (χ4v) is 5.77. The van der Waals surface area contributed by atoms with Crippen molar-refractivity contribution in [3.8, 4) is 5.88 Å². The monoisotopic (exact) mass is 499 g/mol. The van der Waals surface area contributed by atoms with E-state index in [1.807, 2.05) is 0 Å². The smallest absolute Gasteiger partial charge is 0.391 e. The van der Waals surface area contributed by atoms with E-state index in [0.717, 1.165) is 6.42 Å². The van der Waals surface area contributed by atoms with E-state index in [-0.39, 0.29) is 54.8 Å². The Labute approximate surface area is 200 Å². The molecule has 1 aromatic heterocycles. The first-order valence-corrected chi connectivity index (χ1v) is 12.0. The van der Waals surface area contributed by atoms with Crippen molar-refractivity contribution in [2.75, 3.05) is 6.54 Å². The molecule has 3 fully saturated rings. The molecule has 1 aromatic rings. The largest absolute Gasteiger partial charge is 0.475 e. The third kappa shape index (κ3) is 5.64. The highest BCUT2D eigenvalue weighted by Gasteiger charge is 2.49. The molecule has 194 valence electrons. The van der Waals surface area contributed by atoms with E-state index < -0.39 is 23.3 Å². The van der Waals surface area contributed by atoms with Crippen LogP contribution in [0.1, 0.15) is 44.9 Å². The lowest BCUT2D eigenvalue weighted by Crippen LogP contribution is -2.50. The van der Waals surface area contributed by atoms with E-state index in [4.69, 9.17) is 4.74 Å². The van der Waals surface area contributed by atoms with Crippen LogP contribution in [0.15, 0.2) is 28.3 Å². The van der Waals surface area contributed by atoms with Gasteiger partial charge in [0.15, 0.2) is 0 Å². The Bertz CT molecular complexity index is 1050. The molecule has 4 unspecified atom stereocenters. The first-order chi connectivity index (χ1) is 16.6. The standard InChI is InChI=1S/C23H32F3N5O4/c1-3-19(32)27-12-17-16-10-15(35-21-11-20(33)28-22(34)30(21)2)8-9-18(16)31(29-17)14-6-4-13(5-7-14)23(24,25)26/h3,11,13-18,29H,1,4-10,12H2,2H3,(H,27,32)(H,28,33,34). The van der Waals surface area contributed by atoms with Crippen LogP contribution in [0.25, 0.3) is 0 Å². The molecule has 0 spiro atoms. The lowest BCUT2D eigenvalue weighted by Gasteiger charge is -2.41. The normalized spacial score (nSPS) is 31.5. The van der Waals surface area contributed by atoms with Gasteiger partial charge in [0.1, 0.15) is 6.10 Å². The van der Waals surface area contributed by atoms with Crippen molar-refractivity contribution in [2.45, 2.75) is 75.4 Å². The SMILES string of the molecule is C=CC(=O)NCC1NN(C2CCC(C(F)(F)F)CC2)C2CCC(Oc3cc(=O)[nH]c(=O)n3C)CC12. The molecule has 0 bridgehead atoms. The van der Waals surface area contributed by atoms with Gasteiger partial charge in [-0.3, -0.25) is 19.1 Å². The number of alkyl halides is 3. The maximum atomic E-state index is 13.2. The van der Waals surface area contributed by atoms with Gasteiger partial charge in [0.05, 0.1) is 12.0 Å². The number of hydrogen-bond donors (Lipinski definition) is 3. The number of halogens is 3. The van der Waals surface area contributed by atoms with Gasteiger partial charge in [0, 0.05) is 31.7 Å². The van der Waals surface area contributed by atoms with Crippen molar-refractivity contribution in [3.05, 3.63) is 39.6 Å². The first-order valence-electron chi connectivity index (χ1n) is 12.0. The van der Waals surface area contributed by atoms with Gasteiger partial charge in [-0.2, -0.15) is 13.2 Å². The number of H-pyrrole nitrogens is 1. The summed E-state index contributed by atoms with van der Waals surface area (Å²) in [5, 5.41) is 4.95. The second kappa shape index (κ2) is 10.2. The lowest BCUT2D eigenvalue weighted by molar-refractivity contribution is -0.185. The Balaban J connectivity index is 1.47. The number of carbonyl (C=O) groups is 1. The second-order valence-corrected chi connectivity index (χ2v) is 9.76. The molecule has 0 aromatic carbocycles. The average molecular weight is 500 g/mol. The van der Waals surface area contributed by atoms with Crippen molar-refractivity contribution >= 4 is 5.91 Å². The minimum absolute atomic E-state index is 0.00724. The summed E-state index contributed by atoms with van der Waals surface area (Å²) in [6.45, 7) is 3.82. The summed E-state index contributed by atoms with van der Waals surface area (Å²) < 4.78 is 46.8. The van der Waals surface area contributed by atoms with E-state index in [1.165, 1.54) is 23.8 Å². The third-order valence-electron chi connectivity index (χ3n) is 7.64. The van der Waals surface area contributed by atoms with E-state index in [1.54, 1.807) is 0 Å². The summed E-state index contributed by atoms with van der Waals surface area (Å²) in [4.78, 5) is 37.6.